The molecule has 8 nitrogen and oxygen atoms in total. The lowest BCUT2D eigenvalue weighted by Crippen LogP contribution is -2.38. The second-order valence-electron chi connectivity index (χ2n) is 4.07. The third-order valence-electron chi connectivity index (χ3n) is 2.48. The van der Waals surface area contributed by atoms with E-state index in [9.17, 15) is 9.59 Å². The highest BCUT2D eigenvalue weighted by molar-refractivity contribution is 7.99. The highest BCUT2D eigenvalue weighted by Crippen LogP contribution is 2.18. The minimum Gasteiger partial charge on any atom is -0.341 e. The number of aromatic nitrogens is 4. The molecule has 0 radical (unpaired) electrons. The zero-order chi connectivity index (χ0) is 14.7. The summed E-state index contributed by atoms with van der Waals surface area (Å²) >= 11 is 1.19. The van der Waals surface area contributed by atoms with Crippen LogP contribution in [0.25, 0.3) is 5.78 Å². The fourth-order valence-electron chi connectivity index (χ4n) is 1.65. The molecule has 20 heavy (non-hydrogen) atoms. The van der Waals surface area contributed by atoms with E-state index >= 15 is 0 Å². The summed E-state index contributed by atoms with van der Waals surface area (Å²) in [7, 11) is 1.44. The van der Waals surface area contributed by atoms with Crippen LogP contribution in [0.15, 0.2) is 11.2 Å². The number of fused-ring (bicyclic) bond motifs is 1. The lowest BCUT2D eigenvalue weighted by Gasteiger charge is -2.04. The minimum atomic E-state index is -0.532. The molecule has 0 saturated heterocycles. The van der Waals surface area contributed by atoms with Gasteiger partial charge in [-0.05, 0) is 19.9 Å². The molecule has 2 N–H and O–H groups in total. The van der Waals surface area contributed by atoms with Crippen LogP contribution in [0.5, 0.6) is 0 Å². The Hall–Kier alpha value is -2.16. The van der Waals surface area contributed by atoms with Gasteiger partial charge in [-0.15, -0.1) is 10.2 Å². The molecule has 0 aliphatic carbocycles. The van der Waals surface area contributed by atoms with Gasteiger partial charge in [0.05, 0.1) is 5.75 Å². The summed E-state index contributed by atoms with van der Waals surface area (Å²) in [5.74, 6) is 0.169. The number of urea groups is 1. The largest absolute Gasteiger partial charge is 0.341 e. The quantitative estimate of drug-likeness (QED) is 0.789. The number of amides is 3. The maximum Gasteiger partial charge on any atom is 0.321 e. The standard InChI is InChI=1S/C11H14N6O2S/c1-6-4-7(2)17-9(13-6)15-16-11(17)20-5-8(18)14-10(19)12-3/h4H,5H2,1-3H3,(H2,12,14,18,19). The Bertz CT molecular complexity index is 668. The molecular weight excluding hydrogens is 280 g/mol. The molecule has 2 rings (SSSR count). The van der Waals surface area contributed by atoms with Crippen molar-refractivity contribution in [3.05, 3.63) is 17.5 Å². The monoisotopic (exact) mass is 294 g/mol. The van der Waals surface area contributed by atoms with Crippen LogP contribution in [-0.4, -0.2) is 44.3 Å². The van der Waals surface area contributed by atoms with Crippen LogP contribution in [0.3, 0.4) is 0 Å². The predicted molar refractivity (Wildman–Crippen MR) is 73.6 cm³/mol. The molecule has 2 heterocycles. The van der Waals surface area contributed by atoms with E-state index in [2.05, 4.69) is 25.8 Å². The molecule has 3 amide bonds. The number of nitrogens with zero attached hydrogens (tertiary/aromatic N) is 4. The van der Waals surface area contributed by atoms with Gasteiger partial charge in [0.2, 0.25) is 5.91 Å². The van der Waals surface area contributed by atoms with Gasteiger partial charge in [0.15, 0.2) is 5.16 Å². The maximum absolute atomic E-state index is 11.5. The summed E-state index contributed by atoms with van der Waals surface area (Å²) in [6.45, 7) is 3.80. The first-order chi connectivity index (χ1) is 9.51. The molecular formula is C11H14N6O2S. The average molecular weight is 294 g/mol. The normalized spacial score (nSPS) is 10.6. The first kappa shape index (κ1) is 14.3. The topological polar surface area (TPSA) is 101 Å². The molecule has 0 aliphatic rings. The second kappa shape index (κ2) is 5.87. The van der Waals surface area contributed by atoms with E-state index in [4.69, 9.17) is 0 Å². The third kappa shape index (κ3) is 3.05. The lowest BCUT2D eigenvalue weighted by molar-refractivity contribution is -0.117. The summed E-state index contributed by atoms with van der Waals surface area (Å²) in [4.78, 5) is 26.8. The van der Waals surface area contributed by atoms with Crippen molar-refractivity contribution in [2.75, 3.05) is 12.8 Å². The van der Waals surface area contributed by atoms with Gasteiger partial charge in [0, 0.05) is 18.4 Å². The second-order valence-corrected chi connectivity index (χ2v) is 5.02. The lowest BCUT2D eigenvalue weighted by atomic mass is 10.3. The van der Waals surface area contributed by atoms with E-state index in [-0.39, 0.29) is 5.75 Å². The van der Waals surface area contributed by atoms with Gasteiger partial charge in [0.1, 0.15) is 0 Å². The average Bonchev–Trinajstić information content (AvgIpc) is 2.79. The van der Waals surface area contributed by atoms with Crippen molar-refractivity contribution in [1.29, 1.82) is 0 Å². The number of hydrogen-bond donors (Lipinski definition) is 2. The van der Waals surface area contributed by atoms with Crippen LogP contribution >= 0.6 is 11.8 Å². The number of imide groups is 1. The summed E-state index contributed by atoms with van der Waals surface area (Å²) in [5.41, 5.74) is 1.79. The van der Waals surface area contributed by atoms with Gasteiger partial charge in [-0.1, -0.05) is 11.8 Å². The Morgan fingerprint density at radius 1 is 1.35 bits per heavy atom. The van der Waals surface area contributed by atoms with E-state index in [1.165, 1.54) is 18.8 Å². The van der Waals surface area contributed by atoms with Crippen LogP contribution < -0.4 is 10.6 Å². The van der Waals surface area contributed by atoms with Gasteiger partial charge in [-0.2, -0.15) is 0 Å². The first-order valence-electron chi connectivity index (χ1n) is 5.85. The molecule has 2 aromatic heterocycles. The molecule has 2 aromatic rings. The minimum absolute atomic E-state index is 0.0710. The molecule has 0 fully saturated rings. The van der Waals surface area contributed by atoms with E-state index in [0.717, 1.165) is 11.4 Å². The molecule has 0 saturated carbocycles. The SMILES string of the molecule is CNC(=O)NC(=O)CSc1nnc2nc(C)cc(C)n12. The number of carbonyl (C=O) groups is 2. The molecule has 0 atom stereocenters. The number of thioether (sulfide) groups is 1. The summed E-state index contributed by atoms with van der Waals surface area (Å²) in [6.07, 6.45) is 0. The summed E-state index contributed by atoms with van der Waals surface area (Å²) in [5, 5.41) is 13.0. The molecule has 0 spiro atoms. The molecule has 106 valence electrons. The predicted octanol–water partition coefficient (Wildman–Crippen LogP) is 0.289. The Morgan fingerprint density at radius 2 is 2.10 bits per heavy atom. The van der Waals surface area contributed by atoms with Crippen molar-refractivity contribution in [2.24, 2.45) is 0 Å². The maximum atomic E-state index is 11.5. The van der Waals surface area contributed by atoms with E-state index in [1.807, 2.05) is 19.9 Å². The Labute approximate surface area is 119 Å². The highest BCUT2D eigenvalue weighted by Gasteiger charge is 2.13. The molecule has 0 unspecified atom stereocenters. The number of rotatable bonds is 3. The number of hydrogen-bond acceptors (Lipinski definition) is 6. The summed E-state index contributed by atoms with van der Waals surface area (Å²) in [6, 6.07) is 1.38. The van der Waals surface area contributed by atoms with Crippen molar-refractivity contribution in [3.8, 4) is 0 Å². The molecule has 0 aliphatic heterocycles. The van der Waals surface area contributed by atoms with E-state index in [0.29, 0.717) is 10.9 Å². The van der Waals surface area contributed by atoms with Gasteiger partial charge >= 0.3 is 6.03 Å². The summed E-state index contributed by atoms with van der Waals surface area (Å²) < 4.78 is 1.77. The number of carbonyl (C=O) groups excluding carboxylic acids is 2. The smallest absolute Gasteiger partial charge is 0.321 e. The fraction of sp³-hybridized carbons (Fsp3) is 0.364. The molecule has 0 aromatic carbocycles. The molecule has 9 heteroatoms. The number of nitrogens with one attached hydrogen (secondary N) is 2. The van der Waals surface area contributed by atoms with Crippen molar-refractivity contribution < 1.29 is 9.59 Å². The van der Waals surface area contributed by atoms with E-state index in [1.54, 1.807) is 4.40 Å². The van der Waals surface area contributed by atoms with Crippen molar-refractivity contribution in [3.63, 3.8) is 0 Å². The van der Waals surface area contributed by atoms with Crippen molar-refractivity contribution >= 4 is 29.5 Å². The fourth-order valence-corrected chi connectivity index (χ4v) is 2.43. The van der Waals surface area contributed by atoms with Crippen molar-refractivity contribution in [1.82, 2.24) is 30.2 Å². The van der Waals surface area contributed by atoms with Crippen LogP contribution in [0.1, 0.15) is 11.4 Å². The van der Waals surface area contributed by atoms with Crippen LogP contribution in [0.4, 0.5) is 4.79 Å². The Kier molecular flexibility index (Phi) is 4.18. The number of aryl methyl sites for hydroxylation is 2. The van der Waals surface area contributed by atoms with Crippen LogP contribution in [0.2, 0.25) is 0 Å². The van der Waals surface area contributed by atoms with Crippen molar-refractivity contribution in [2.45, 2.75) is 19.0 Å². The van der Waals surface area contributed by atoms with E-state index < -0.39 is 11.9 Å². The third-order valence-corrected chi connectivity index (χ3v) is 3.40. The van der Waals surface area contributed by atoms with Gasteiger partial charge in [-0.25, -0.2) is 9.78 Å². The van der Waals surface area contributed by atoms with Gasteiger partial charge in [-0.3, -0.25) is 14.5 Å². The first-order valence-corrected chi connectivity index (χ1v) is 6.83. The molecule has 0 bridgehead atoms. The van der Waals surface area contributed by atoms with Gasteiger partial charge in [0.25, 0.3) is 5.78 Å². The Morgan fingerprint density at radius 3 is 2.80 bits per heavy atom. The Balaban J connectivity index is 2.11. The zero-order valence-corrected chi connectivity index (χ0v) is 12.1. The van der Waals surface area contributed by atoms with Gasteiger partial charge < -0.3 is 5.32 Å². The van der Waals surface area contributed by atoms with Crippen LogP contribution in [-0.2, 0) is 4.79 Å². The van der Waals surface area contributed by atoms with Crippen LogP contribution in [0, 0.1) is 13.8 Å². The highest BCUT2D eigenvalue weighted by atomic mass is 32.2. The zero-order valence-electron chi connectivity index (χ0n) is 11.3.